The van der Waals surface area contributed by atoms with Crippen LogP contribution in [0.15, 0.2) is 0 Å². The molecule has 0 radical (unpaired) electrons. The molecular weight excluding hydrogens is 215 g/mol. The fraction of sp³-hybridized carbons (Fsp3) is 1.00. The zero-order chi connectivity index (χ0) is 9.90. The maximum Gasteiger partial charge on any atom is 0.389 e. The summed E-state index contributed by atoms with van der Waals surface area (Å²) in [5.74, 6) is 0.312. The minimum absolute atomic E-state index is 0. The summed E-state index contributed by atoms with van der Waals surface area (Å²) in [4.78, 5) is 0. The van der Waals surface area contributed by atoms with E-state index in [4.69, 9.17) is 5.73 Å². The standard InChI is InChI=1S/C9H16F3N.ClH/c10-9(11,12)5-7-1-3-8(6-13)4-2-7;/h7-8H,1-6,13H2;1H. The predicted octanol–water partition coefficient (Wildman–Crippen LogP) is 3.13. The molecule has 1 aliphatic rings. The van der Waals surface area contributed by atoms with E-state index in [0.717, 1.165) is 12.8 Å². The van der Waals surface area contributed by atoms with E-state index in [1.165, 1.54) is 0 Å². The summed E-state index contributed by atoms with van der Waals surface area (Å²) in [6.07, 6.45) is -1.46. The molecule has 0 aromatic carbocycles. The van der Waals surface area contributed by atoms with Crippen LogP contribution in [0.5, 0.6) is 0 Å². The zero-order valence-corrected chi connectivity index (χ0v) is 8.83. The Kier molecular flexibility index (Phi) is 5.83. The van der Waals surface area contributed by atoms with Crippen molar-refractivity contribution in [2.24, 2.45) is 17.6 Å². The fourth-order valence-corrected chi connectivity index (χ4v) is 2.00. The quantitative estimate of drug-likeness (QED) is 0.777. The van der Waals surface area contributed by atoms with E-state index in [9.17, 15) is 13.2 Å². The molecule has 0 unspecified atom stereocenters. The zero-order valence-electron chi connectivity index (χ0n) is 8.02. The van der Waals surface area contributed by atoms with Crippen LogP contribution in [0.2, 0.25) is 0 Å². The molecule has 1 nitrogen and oxygen atoms in total. The van der Waals surface area contributed by atoms with Crippen molar-refractivity contribution in [3.05, 3.63) is 0 Å². The van der Waals surface area contributed by atoms with Gasteiger partial charge in [-0.3, -0.25) is 0 Å². The van der Waals surface area contributed by atoms with Crippen LogP contribution in [0.1, 0.15) is 32.1 Å². The summed E-state index contributed by atoms with van der Waals surface area (Å²) in [5.41, 5.74) is 5.45. The van der Waals surface area contributed by atoms with E-state index in [0.29, 0.717) is 25.3 Å². The van der Waals surface area contributed by atoms with E-state index in [-0.39, 0.29) is 18.3 Å². The molecule has 1 saturated carbocycles. The van der Waals surface area contributed by atoms with E-state index < -0.39 is 12.6 Å². The Hall–Kier alpha value is 0.0400. The summed E-state index contributed by atoms with van der Waals surface area (Å²) in [5, 5.41) is 0. The summed E-state index contributed by atoms with van der Waals surface area (Å²) in [6, 6.07) is 0. The Balaban J connectivity index is 0.00000169. The lowest BCUT2D eigenvalue weighted by molar-refractivity contribution is -0.147. The van der Waals surface area contributed by atoms with E-state index in [2.05, 4.69) is 0 Å². The van der Waals surface area contributed by atoms with Gasteiger partial charge in [-0.2, -0.15) is 13.2 Å². The van der Waals surface area contributed by atoms with Crippen molar-refractivity contribution >= 4 is 12.4 Å². The molecular formula is C9H17ClF3N. The van der Waals surface area contributed by atoms with Crippen molar-refractivity contribution in [2.75, 3.05) is 6.54 Å². The van der Waals surface area contributed by atoms with Gasteiger partial charge in [0.25, 0.3) is 0 Å². The average Bonchev–Trinajstić information content (AvgIpc) is 2.03. The van der Waals surface area contributed by atoms with Crippen molar-refractivity contribution < 1.29 is 13.2 Å². The first kappa shape index (κ1) is 14.0. The third-order valence-electron chi connectivity index (χ3n) is 2.82. The molecule has 0 atom stereocenters. The van der Waals surface area contributed by atoms with Crippen LogP contribution >= 0.6 is 12.4 Å². The first-order chi connectivity index (χ1) is 6.01. The lowest BCUT2D eigenvalue weighted by Crippen LogP contribution is -2.24. The van der Waals surface area contributed by atoms with E-state index in [1.54, 1.807) is 0 Å². The number of alkyl halides is 3. The molecule has 0 saturated heterocycles. The van der Waals surface area contributed by atoms with Gasteiger partial charge in [0.15, 0.2) is 0 Å². The number of halogens is 4. The second-order valence-corrected chi connectivity index (χ2v) is 3.94. The lowest BCUT2D eigenvalue weighted by Gasteiger charge is -2.28. The molecule has 0 amide bonds. The normalized spacial score (nSPS) is 28.3. The molecule has 0 bridgehead atoms. The van der Waals surface area contributed by atoms with Crippen LogP contribution < -0.4 is 5.73 Å². The van der Waals surface area contributed by atoms with Crippen molar-refractivity contribution in [2.45, 2.75) is 38.3 Å². The van der Waals surface area contributed by atoms with Gasteiger partial charge >= 0.3 is 6.18 Å². The highest BCUT2D eigenvalue weighted by Gasteiger charge is 2.33. The minimum Gasteiger partial charge on any atom is -0.330 e. The Bertz CT molecular complexity index is 153. The highest BCUT2D eigenvalue weighted by atomic mass is 35.5. The number of nitrogens with two attached hydrogens (primary N) is 1. The Morgan fingerprint density at radius 3 is 1.79 bits per heavy atom. The number of rotatable bonds is 2. The molecule has 14 heavy (non-hydrogen) atoms. The van der Waals surface area contributed by atoms with Crippen molar-refractivity contribution in [1.29, 1.82) is 0 Å². The molecule has 1 rings (SSSR count). The lowest BCUT2D eigenvalue weighted by atomic mass is 9.80. The number of hydrogen-bond acceptors (Lipinski definition) is 1. The van der Waals surface area contributed by atoms with Gasteiger partial charge in [-0.05, 0) is 44.1 Å². The highest BCUT2D eigenvalue weighted by molar-refractivity contribution is 5.85. The molecule has 1 aliphatic carbocycles. The van der Waals surface area contributed by atoms with Gasteiger partial charge < -0.3 is 5.73 Å². The van der Waals surface area contributed by atoms with Crippen LogP contribution in [0.4, 0.5) is 13.2 Å². The smallest absolute Gasteiger partial charge is 0.330 e. The summed E-state index contributed by atoms with van der Waals surface area (Å²) in [6.45, 7) is 0.624. The first-order valence-electron chi connectivity index (χ1n) is 4.78. The predicted molar refractivity (Wildman–Crippen MR) is 52.4 cm³/mol. The molecule has 0 heterocycles. The highest BCUT2D eigenvalue weighted by Crippen LogP contribution is 2.35. The Labute approximate surface area is 88.6 Å². The topological polar surface area (TPSA) is 26.0 Å². The first-order valence-corrected chi connectivity index (χ1v) is 4.78. The third kappa shape index (κ3) is 5.05. The van der Waals surface area contributed by atoms with Crippen LogP contribution in [0, 0.1) is 11.8 Å². The largest absolute Gasteiger partial charge is 0.389 e. The van der Waals surface area contributed by atoms with Crippen molar-refractivity contribution in [3.63, 3.8) is 0 Å². The molecule has 2 N–H and O–H groups in total. The molecule has 5 heteroatoms. The average molecular weight is 232 g/mol. The Morgan fingerprint density at radius 1 is 1.00 bits per heavy atom. The van der Waals surface area contributed by atoms with E-state index in [1.807, 2.05) is 0 Å². The third-order valence-corrected chi connectivity index (χ3v) is 2.82. The van der Waals surface area contributed by atoms with Gasteiger partial charge in [-0.15, -0.1) is 12.4 Å². The monoisotopic (exact) mass is 231 g/mol. The van der Waals surface area contributed by atoms with Gasteiger partial charge in [0.05, 0.1) is 0 Å². The second-order valence-electron chi connectivity index (χ2n) is 3.94. The van der Waals surface area contributed by atoms with Crippen LogP contribution in [-0.4, -0.2) is 12.7 Å². The van der Waals surface area contributed by atoms with Gasteiger partial charge in [-0.1, -0.05) is 0 Å². The van der Waals surface area contributed by atoms with Gasteiger partial charge in [0.1, 0.15) is 0 Å². The summed E-state index contributed by atoms with van der Waals surface area (Å²) in [7, 11) is 0. The molecule has 0 aliphatic heterocycles. The van der Waals surface area contributed by atoms with Crippen molar-refractivity contribution in [1.82, 2.24) is 0 Å². The summed E-state index contributed by atoms with van der Waals surface area (Å²) >= 11 is 0. The van der Waals surface area contributed by atoms with Crippen LogP contribution in [0.25, 0.3) is 0 Å². The maximum atomic E-state index is 12.0. The van der Waals surface area contributed by atoms with Gasteiger partial charge in [-0.25, -0.2) is 0 Å². The van der Waals surface area contributed by atoms with Crippen LogP contribution in [-0.2, 0) is 0 Å². The van der Waals surface area contributed by atoms with Crippen LogP contribution in [0.3, 0.4) is 0 Å². The van der Waals surface area contributed by atoms with E-state index >= 15 is 0 Å². The van der Waals surface area contributed by atoms with Gasteiger partial charge in [0, 0.05) is 6.42 Å². The number of hydrogen-bond donors (Lipinski definition) is 1. The maximum absolute atomic E-state index is 12.0. The molecule has 1 fully saturated rings. The Morgan fingerprint density at radius 2 is 1.43 bits per heavy atom. The molecule has 86 valence electrons. The van der Waals surface area contributed by atoms with Crippen molar-refractivity contribution in [3.8, 4) is 0 Å². The fourth-order valence-electron chi connectivity index (χ4n) is 2.00. The second kappa shape index (κ2) is 5.81. The van der Waals surface area contributed by atoms with Gasteiger partial charge in [0.2, 0.25) is 0 Å². The molecule has 0 spiro atoms. The summed E-state index contributed by atoms with van der Waals surface area (Å²) < 4.78 is 36.0. The SMILES string of the molecule is Cl.NCC1CCC(CC(F)(F)F)CC1. The molecule has 0 aromatic heterocycles. The minimum atomic E-state index is -3.99. The molecule has 0 aromatic rings.